The fourth-order valence-corrected chi connectivity index (χ4v) is 0. The summed E-state index contributed by atoms with van der Waals surface area (Å²) < 4.78 is 0.505. The van der Waals surface area contributed by atoms with E-state index in [-0.39, 0.29) is 6.47 Å². The molecule has 3 N–H and O–H groups in total. The number of carboxylic acid groups (broad SMARTS) is 1. The summed E-state index contributed by atoms with van der Waals surface area (Å²) in [6, 6.07) is 0. The van der Waals surface area contributed by atoms with Crippen LogP contribution in [0.4, 0.5) is 0 Å². The van der Waals surface area contributed by atoms with Crippen LogP contribution in [0.5, 0.6) is 0 Å². The number of rotatable bonds is 0. The van der Waals surface area contributed by atoms with E-state index in [4.69, 9.17) is 15.6 Å². The maximum Gasteiger partial charge on any atom is 0.290 e. The molecule has 0 fully saturated rings. The SMILES string of the molecule is CSC(N)=S.O=CO. The summed E-state index contributed by atoms with van der Waals surface area (Å²) in [5.41, 5.74) is 4.99. The zero-order chi connectivity index (χ0) is 6.99. The lowest BCUT2D eigenvalue weighted by atomic mass is 11.5. The van der Waals surface area contributed by atoms with E-state index in [0.29, 0.717) is 4.32 Å². The Kier molecular flexibility index (Phi) is 13.1. The van der Waals surface area contributed by atoms with E-state index >= 15 is 0 Å². The first-order valence-electron chi connectivity index (χ1n) is 1.60. The Labute approximate surface area is 57.3 Å². The van der Waals surface area contributed by atoms with E-state index in [9.17, 15) is 0 Å². The number of hydrogen-bond acceptors (Lipinski definition) is 3. The first kappa shape index (κ1) is 10.6. The first-order chi connectivity index (χ1) is 3.68. The van der Waals surface area contributed by atoms with Gasteiger partial charge in [-0.25, -0.2) is 0 Å². The molecule has 0 aliphatic carbocycles. The van der Waals surface area contributed by atoms with Gasteiger partial charge in [-0.2, -0.15) is 0 Å². The maximum atomic E-state index is 8.36. The van der Waals surface area contributed by atoms with Crippen LogP contribution in [0.25, 0.3) is 0 Å². The molecule has 0 atom stereocenters. The molecule has 0 aromatic rings. The van der Waals surface area contributed by atoms with E-state index in [0.717, 1.165) is 0 Å². The van der Waals surface area contributed by atoms with Crippen molar-refractivity contribution in [1.82, 2.24) is 0 Å². The van der Waals surface area contributed by atoms with Gasteiger partial charge < -0.3 is 10.8 Å². The number of thioether (sulfide) groups is 1. The average Bonchev–Trinajstić information content (AvgIpc) is 1.69. The lowest BCUT2D eigenvalue weighted by Crippen LogP contribution is -1.98. The van der Waals surface area contributed by atoms with Crippen molar-refractivity contribution in [1.29, 1.82) is 0 Å². The second kappa shape index (κ2) is 9.86. The molecule has 3 nitrogen and oxygen atoms in total. The Balaban J connectivity index is 0. The predicted molar refractivity (Wildman–Crippen MR) is 39.0 cm³/mol. The van der Waals surface area contributed by atoms with Crippen LogP contribution in [0.15, 0.2) is 0 Å². The van der Waals surface area contributed by atoms with Crippen LogP contribution in [-0.4, -0.2) is 22.2 Å². The van der Waals surface area contributed by atoms with E-state index in [2.05, 4.69) is 12.2 Å². The Morgan fingerprint density at radius 1 is 2.00 bits per heavy atom. The third-order valence-electron chi connectivity index (χ3n) is 0.201. The minimum absolute atomic E-state index is 0.250. The number of carbonyl (C=O) groups is 1. The van der Waals surface area contributed by atoms with Crippen molar-refractivity contribution in [3.63, 3.8) is 0 Å². The molecule has 0 heterocycles. The largest absolute Gasteiger partial charge is 0.483 e. The van der Waals surface area contributed by atoms with Gasteiger partial charge >= 0.3 is 0 Å². The summed E-state index contributed by atoms with van der Waals surface area (Å²) in [4.78, 5) is 8.36. The Bertz CT molecular complexity index is 75.7. The molecule has 0 radical (unpaired) electrons. The van der Waals surface area contributed by atoms with Gasteiger partial charge in [-0.1, -0.05) is 12.2 Å². The molecule has 0 saturated heterocycles. The van der Waals surface area contributed by atoms with Crippen LogP contribution < -0.4 is 5.73 Å². The average molecular weight is 153 g/mol. The van der Waals surface area contributed by atoms with Gasteiger partial charge in [0.2, 0.25) is 0 Å². The van der Waals surface area contributed by atoms with Gasteiger partial charge in [-0.15, -0.1) is 11.8 Å². The lowest BCUT2D eigenvalue weighted by Gasteiger charge is -1.78. The van der Waals surface area contributed by atoms with Crippen LogP contribution in [-0.2, 0) is 4.79 Å². The highest BCUT2D eigenvalue weighted by atomic mass is 32.2. The second-order valence-electron chi connectivity index (χ2n) is 0.629. The molecule has 0 aromatic heterocycles. The summed E-state index contributed by atoms with van der Waals surface area (Å²) in [7, 11) is 0. The van der Waals surface area contributed by atoms with E-state index in [1.807, 2.05) is 6.26 Å². The molecule has 48 valence electrons. The molecule has 0 saturated carbocycles. The van der Waals surface area contributed by atoms with Crippen LogP contribution in [0.1, 0.15) is 0 Å². The van der Waals surface area contributed by atoms with Crippen LogP contribution in [0.3, 0.4) is 0 Å². The smallest absolute Gasteiger partial charge is 0.290 e. The van der Waals surface area contributed by atoms with Gasteiger partial charge in [-0.05, 0) is 6.26 Å². The fourth-order valence-electron chi connectivity index (χ4n) is 0. The summed E-state index contributed by atoms with van der Waals surface area (Å²) >= 11 is 5.83. The van der Waals surface area contributed by atoms with Gasteiger partial charge in [0, 0.05) is 0 Å². The molecule has 0 aromatic carbocycles. The van der Waals surface area contributed by atoms with Crippen LogP contribution >= 0.6 is 24.0 Å². The van der Waals surface area contributed by atoms with Crippen molar-refractivity contribution in [3.05, 3.63) is 0 Å². The van der Waals surface area contributed by atoms with Gasteiger partial charge in [0.05, 0.1) is 0 Å². The van der Waals surface area contributed by atoms with Crippen molar-refractivity contribution in [3.8, 4) is 0 Å². The summed E-state index contributed by atoms with van der Waals surface area (Å²) in [6.45, 7) is -0.250. The van der Waals surface area contributed by atoms with Gasteiger partial charge in [0.15, 0.2) is 0 Å². The molecular formula is C3H7NO2S2. The zero-order valence-electron chi connectivity index (χ0n) is 4.33. The molecule has 5 heteroatoms. The van der Waals surface area contributed by atoms with Gasteiger partial charge in [0.1, 0.15) is 4.32 Å². The normalized spacial score (nSPS) is 6.12. The summed E-state index contributed by atoms with van der Waals surface area (Å²) in [5, 5.41) is 6.89. The molecule has 8 heavy (non-hydrogen) atoms. The van der Waals surface area contributed by atoms with Crippen molar-refractivity contribution in [2.24, 2.45) is 5.73 Å². The van der Waals surface area contributed by atoms with Crippen molar-refractivity contribution < 1.29 is 9.90 Å². The maximum absolute atomic E-state index is 8.36. The molecular weight excluding hydrogens is 146 g/mol. The number of hydrogen-bond donors (Lipinski definition) is 2. The summed E-state index contributed by atoms with van der Waals surface area (Å²) in [6.07, 6.45) is 1.85. The van der Waals surface area contributed by atoms with Gasteiger partial charge in [0.25, 0.3) is 6.47 Å². The van der Waals surface area contributed by atoms with Crippen LogP contribution in [0.2, 0.25) is 0 Å². The third-order valence-corrected chi connectivity index (χ3v) is 1.10. The molecule has 0 aliphatic heterocycles. The van der Waals surface area contributed by atoms with Crippen molar-refractivity contribution in [2.45, 2.75) is 0 Å². The van der Waals surface area contributed by atoms with E-state index in [1.165, 1.54) is 11.8 Å². The number of nitrogens with two attached hydrogens (primary N) is 1. The lowest BCUT2D eigenvalue weighted by molar-refractivity contribution is -0.122. The molecule has 0 bridgehead atoms. The molecule has 0 unspecified atom stereocenters. The predicted octanol–water partition coefficient (Wildman–Crippen LogP) is 0.294. The minimum atomic E-state index is -0.250. The highest BCUT2D eigenvalue weighted by Gasteiger charge is 1.71. The Morgan fingerprint density at radius 3 is 2.12 bits per heavy atom. The quantitative estimate of drug-likeness (QED) is 0.387. The Morgan fingerprint density at radius 2 is 2.12 bits per heavy atom. The standard InChI is InChI=1S/C2H5NS2.CH2O2/c1-5-2(3)4;2-1-3/h1H3,(H2,3,4);1H,(H,2,3). The second-order valence-corrected chi connectivity index (χ2v) is 2.17. The Hall–Kier alpha value is -0.290. The van der Waals surface area contributed by atoms with E-state index < -0.39 is 0 Å². The molecule has 0 aliphatic rings. The number of thiocarbonyl (C=S) groups is 1. The minimum Gasteiger partial charge on any atom is -0.483 e. The highest BCUT2D eigenvalue weighted by Crippen LogP contribution is 1.86. The van der Waals surface area contributed by atoms with E-state index in [1.54, 1.807) is 0 Å². The van der Waals surface area contributed by atoms with Gasteiger partial charge in [-0.3, -0.25) is 4.79 Å². The zero-order valence-corrected chi connectivity index (χ0v) is 5.96. The monoisotopic (exact) mass is 153 g/mol. The molecule has 0 spiro atoms. The van der Waals surface area contributed by atoms with Crippen molar-refractivity contribution >= 4 is 34.8 Å². The topological polar surface area (TPSA) is 63.3 Å². The fraction of sp³-hybridized carbons (Fsp3) is 0.333. The summed E-state index contributed by atoms with van der Waals surface area (Å²) in [5.74, 6) is 0. The molecule has 0 rings (SSSR count). The third kappa shape index (κ3) is 43.3. The first-order valence-corrected chi connectivity index (χ1v) is 3.23. The van der Waals surface area contributed by atoms with Crippen LogP contribution in [0, 0.1) is 0 Å². The molecule has 0 amide bonds. The van der Waals surface area contributed by atoms with Crippen molar-refractivity contribution in [2.75, 3.05) is 6.26 Å². The highest BCUT2D eigenvalue weighted by molar-refractivity contribution is 8.22.